The average Bonchev–Trinajstić information content (AvgIpc) is 2.41. The Morgan fingerprint density at radius 3 is 2.21 bits per heavy atom. The number of azide groups is 1. The first-order chi connectivity index (χ1) is 9.13. The van der Waals surface area contributed by atoms with E-state index in [1.165, 1.54) is 0 Å². The fourth-order valence-electron chi connectivity index (χ4n) is 1.72. The molecule has 6 heteroatoms. The third-order valence-corrected chi connectivity index (χ3v) is 2.64. The van der Waals surface area contributed by atoms with E-state index in [9.17, 15) is 0 Å². The van der Waals surface area contributed by atoms with Crippen LogP contribution in [0.3, 0.4) is 0 Å². The third kappa shape index (κ3) is 4.05. The van der Waals surface area contributed by atoms with E-state index < -0.39 is 0 Å². The topological polar surface area (TPSA) is 76.5 Å². The molecule has 0 heterocycles. The second-order valence-corrected chi connectivity index (χ2v) is 4.18. The molecule has 1 rings (SSSR count). The molecule has 0 spiro atoms. The standard InChI is InChI=1S/C13H19N3O3/c1-9(2)19-8-11-10(7-15-16-14)12(17-3)5-6-13(11)18-4/h5-6,9H,7-8H2,1-4H3. The maximum absolute atomic E-state index is 8.48. The minimum Gasteiger partial charge on any atom is -0.496 e. The van der Waals surface area contributed by atoms with Gasteiger partial charge in [-0.2, -0.15) is 0 Å². The Hall–Kier alpha value is -1.91. The van der Waals surface area contributed by atoms with Crippen molar-refractivity contribution in [3.8, 4) is 11.5 Å². The average molecular weight is 265 g/mol. The number of benzene rings is 1. The zero-order valence-electron chi connectivity index (χ0n) is 11.7. The molecule has 0 atom stereocenters. The molecule has 1 aromatic carbocycles. The van der Waals surface area contributed by atoms with Gasteiger partial charge in [-0.25, -0.2) is 0 Å². The molecule has 0 N–H and O–H groups in total. The van der Waals surface area contributed by atoms with E-state index in [1.54, 1.807) is 20.3 Å². The summed E-state index contributed by atoms with van der Waals surface area (Å²) in [6.45, 7) is 4.50. The second-order valence-electron chi connectivity index (χ2n) is 4.18. The largest absolute Gasteiger partial charge is 0.496 e. The van der Waals surface area contributed by atoms with E-state index in [2.05, 4.69) is 10.0 Å². The lowest BCUT2D eigenvalue weighted by Crippen LogP contribution is -2.07. The molecular formula is C13H19N3O3. The Bertz CT molecular complexity index is 468. The summed E-state index contributed by atoms with van der Waals surface area (Å²) in [5, 5.41) is 3.60. The molecule has 0 fully saturated rings. The van der Waals surface area contributed by atoms with Crippen molar-refractivity contribution < 1.29 is 14.2 Å². The lowest BCUT2D eigenvalue weighted by Gasteiger charge is -2.17. The summed E-state index contributed by atoms with van der Waals surface area (Å²) in [6.07, 6.45) is 0.100. The van der Waals surface area contributed by atoms with Crippen molar-refractivity contribution in [2.45, 2.75) is 33.1 Å². The van der Waals surface area contributed by atoms with Crippen LogP contribution < -0.4 is 9.47 Å². The predicted octanol–water partition coefficient (Wildman–Crippen LogP) is 3.44. The highest BCUT2D eigenvalue weighted by molar-refractivity contribution is 5.48. The minimum absolute atomic E-state index is 0.100. The van der Waals surface area contributed by atoms with Crippen molar-refractivity contribution in [3.05, 3.63) is 33.7 Å². The van der Waals surface area contributed by atoms with Crippen LogP contribution in [0.25, 0.3) is 10.4 Å². The number of ether oxygens (including phenoxy) is 3. The molecule has 0 bridgehead atoms. The Labute approximate surface area is 112 Å². The van der Waals surface area contributed by atoms with Gasteiger partial charge in [0.25, 0.3) is 0 Å². The van der Waals surface area contributed by atoms with Crippen molar-refractivity contribution >= 4 is 0 Å². The molecule has 104 valence electrons. The van der Waals surface area contributed by atoms with Gasteiger partial charge in [-0.15, -0.1) is 0 Å². The summed E-state index contributed by atoms with van der Waals surface area (Å²) in [4.78, 5) is 2.79. The first kappa shape index (κ1) is 15.1. The molecule has 0 aliphatic heterocycles. The van der Waals surface area contributed by atoms with Crippen LogP contribution in [0.15, 0.2) is 17.2 Å². The molecule has 19 heavy (non-hydrogen) atoms. The fourth-order valence-corrected chi connectivity index (χ4v) is 1.72. The first-order valence-corrected chi connectivity index (χ1v) is 5.99. The quantitative estimate of drug-likeness (QED) is 0.430. The van der Waals surface area contributed by atoms with Gasteiger partial charge < -0.3 is 14.2 Å². The molecule has 0 saturated heterocycles. The summed E-state index contributed by atoms with van der Waals surface area (Å²) in [7, 11) is 3.17. The van der Waals surface area contributed by atoms with Gasteiger partial charge in [0.2, 0.25) is 0 Å². The molecule has 0 unspecified atom stereocenters. The lowest BCUT2D eigenvalue weighted by atomic mass is 10.1. The Balaban J connectivity index is 3.20. The van der Waals surface area contributed by atoms with E-state index in [1.807, 2.05) is 19.9 Å². The maximum atomic E-state index is 8.48. The van der Waals surface area contributed by atoms with Crippen molar-refractivity contribution in [1.82, 2.24) is 0 Å². The van der Waals surface area contributed by atoms with Gasteiger partial charge in [-0.1, -0.05) is 5.11 Å². The monoisotopic (exact) mass is 265 g/mol. The molecule has 0 aliphatic rings. The second kappa shape index (κ2) is 7.51. The molecular weight excluding hydrogens is 246 g/mol. The van der Waals surface area contributed by atoms with E-state index in [0.717, 1.165) is 11.1 Å². The summed E-state index contributed by atoms with van der Waals surface area (Å²) in [6, 6.07) is 3.61. The summed E-state index contributed by atoms with van der Waals surface area (Å²) >= 11 is 0. The predicted molar refractivity (Wildman–Crippen MR) is 72.3 cm³/mol. The zero-order chi connectivity index (χ0) is 14.3. The summed E-state index contributed by atoms with van der Waals surface area (Å²) in [5.74, 6) is 1.36. The molecule has 0 amide bonds. The van der Waals surface area contributed by atoms with Crippen molar-refractivity contribution in [1.29, 1.82) is 0 Å². The number of rotatable bonds is 7. The Morgan fingerprint density at radius 1 is 1.16 bits per heavy atom. The van der Waals surface area contributed by atoms with Crippen LogP contribution in [-0.2, 0) is 17.9 Å². The Kier molecular flexibility index (Phi) is 5.99. The van der Waals surface area contributed by atoms with Crippen LogP contribution >= 0.6 is 0 Å². The Morgan fingerprint density at radius 2 is 1.74 bits per heavy atom. The summed E-state index contributed by atoms with van der Waals surface area (Å²) < 4.78 is 16.2. The number of methoxy groups -OCH3 is 2. The van der Waals surface area contributed by atoms with Gasteiger partial charge in [0.15, 0.2) is 0 Å². The van der Waals surface area contributed by atoms with E-state index in [0.29, 0.717) is 18.1 Å². The normalized spacial score (nSPS) is 10.2. The highest BCUT2D eigenvalue weighted by Gasteiger charge is 2.15. The number of nitrogens with zero attached hydrogens (tertiary/aromatic N) is 3. The first-order valence-electron chi connectivity index (χ1n) is 5.99. The molecule has 0 aliphatic carbocycles. The van der Waals surface area contributed by atoms with Crippen molar-refractivity contribution in [2.24, 2.45) is 5.11 Å². The third-order valence-electron chi connectivity index (χ3n) is 2.64. The highest BCUT2D eigenvalue weighted by Crippen LogP contribution is 2.32. The smallest absolute Gasteiger partial charge is 0.124 e. The molecule has 1 aromatic rings. The van der Waals surface area contributed by atoms with E-state index in [4.69, 9.17) is 19.7 Å². The lowest BCUT2D eigenvalue weighted by molar-refractivity contribution is 0.0638. The van der Waals surface area contributed by atoms with Crippen LogP contribution in [-0.4, -0.2) is 20.3 Å². The van der Waals surface area contributed by atoms with E-state index >= 15 is 0 Å². The van der Waals surface area contributed by atoms with Crippen LogP contribution in [0.5, 0.6) is 11.5 Å². The summed E-state index contributed by atoms with van der Waals surface area (Å²) in [5.41, 5.74) is 10.1. The van der Waals surface area contributed by atoms with Gasteiger partial charge in [0.1, 0.15) is 11.5 Å². The van der Waals surface area contributed by atoms with Crippen molar-refractivity contribution in [3.63, 3.8) is 0 Å². The van der Waals surface area contributed by atoms with Crippen LogP contribution in [0, 0.1) is 0 Å². The SMILES string of the molecule is COc1ccc(OC)c(COC(C)C)c1CN=[N+]=[N-]. The highest BCUT2D eigenvalue weighted by atomic mass is 16.5. The van der Waals surface area contributed by atoms with Gasteiger partial charge in [0.05, 0.1) is 33.5 Å². The van der Waals surface area contributed by atoms with Gasteiger partial charge in [0, 0.05) is 16.0 Å². The molecule has 6 nitrogen and oxygen atoms in total. The molecule has 0 radical (unpaired) electrons. The zero-order valence-corrected chi connectivity index (χ0v) is 11.7. The van der Waals surface area contributed by atoms with Crippen LogP contribution in [0.4, 0.5) is 0 Å². The number of hydrogen-bond acceptors (Lipinski definition) is 4. The van der Waals surface area contributed by atoms with Gasteiger partial charge in [-0.05, 0) is 31.5 Å². The fraction of sp³-hybridized carbons (Fsp3) is 0.538. The van der Waals surface area contributed by atoms with Crippen LogP contribution in [0.2, 0.25) is 0 Å². The minimum atomic E-state index is 0.100. The van der Waals surface area contributed by atoms with Gasteiger partial charge in [-0.3, -0.25) is 0 Å². The maximum Gasteiger partial charge on any atom is 0.124 e. The van der Waals surface area contributed by atoms with E-state index in [-0.39, 0.29) is 12.6 Å². The number of hydrogen-bond donors (Lipinski definition) is 0. The van der Waals surface area contributed by atoms with Gasteiger partial charge >= 0.3 is 0 Å². The van der Waals surface area contributed by atoms with Crippen LogP contribution in [0.1, 0.15) is 25.0 Å². The van der Waals surface area contributed by atoms with Crippen molar-refractivity contribution in [2.75, 3.05) is 14.2 Å². The molecule has 0 saturated carbocycles. The molecule has 0 aromatic heterocycles.